The van der Waals surface area contributed by atoms with Gasteiger partial charge in [0.15, 0.2) is 0 Å². The van der Waals surface area contributed by atoms with Crippen LogP contribution in [0.2, 0.25) is 0 Å². The van der Waals surface area contributed by atoms with E-state index in [1.165, 1.54) is 16.9 Å². The van der Waals surface area contributed by atoms with Crippen LogP contribution in [0.4, 0.5) is 5.69 Å². The molecule has 0 spiro atoms. The highest BCUT2D eigenvalue weighted by Crippen LogP contribution is 2.23. The SMILES string of the molecule is CCc1ccccc1NCc1c(Br)c(C)nn1CC. The number of rotatable bonds is 5. The minimum Gasteiger partial charge on any atom is -0.379 e. The molecule has 1 aromatic heterocycles. The van der Waals surface area contributed by atoms with E-state index in [4.69, 9.17) is 0 Å². The van der Waals surface area contributed by atoms with E-state index in [-0.39, 0.29) is 0 Å². The van der Waals surface area contributed by atoms with Crippen molar-refractivity contribution in [3.63, 3.8) is 0 Å². The molecule has 0 saturated heterocycles. The highest BCUT2D eigenvalue weighted by atomic mass is 79.9. The van der Waals surface area contributed by atoms with Gasteiger partial charge in [-0.2, -0.15) is 5.10 Å². The van der Waals surface area contributed by atoms with Gasteiger partial charge in [0.25, 0.3) is 0 Å². The van der Waals surface area contributed by atoms with Crippen LogP contribution in [0.3, 0.4) is 0 Å². The van der Waals surface area contributed by atoms with Gasteiger partial charge in [0.05, 0.1) is 22.4 Å². The molecule has 0 atom stereocenters. The summed E-state index contributed by atoms with van der Waals surface area (Å²) in [7, 11) is 0. The second kappa shape index (κ2) is 6.24. The van der Waals surface area contributed by atoms with E-state index in [1.54, 1.807) is 0 Å². The number of nitrogens with one attached hydrogen (secondary N) is 1. The molecule has 0 fully saturated rings. The molecule has 2 aromatic rings. The quantitative estimate of drug-likeness (QED) is 0.896. The Hall–Kier alpha value is -1.29. The summed E-state index contributed by atoms with van der Waals surface area (Å²) in [5.74, 6) is 0. The van der Waals surface area contributed by atoms with Gasteiger partial charge in [0, 0.05) is 12.2 Å². The first-order valence-corrected chi connectivity index (χ1v) is 7.50. The Bertz CT molecular complexity index is 561. The molecule has 0 aliphatic heterocycles. The smallest absolute Gasteiger partial charge is 0.0739 e. The van der Waals surface area contributed by atoms with E-state index in [9.17, 15) is 0 Å². The zero-order chi connectivity index (χ0) is 13.8. The Morgan fingerprint density at radius 2 is 2.00 bits per heavy atom. The van der Waals surface area contributed by atoms with Crippen LogP contribution in [0.15, 0.2) is 28.7 Å². The molecule has 1 N–H and O–H groups in total. The van der Waals surface area contributed by atoms with E-state index < -0.39 is 0 Å². The number of aryl methyl sites for hydroxylation is 3. The van der Waals surface area contributed by atoms with Gasteiger partial charge in [-0.15, -0.1) is 0 Å². The fraction of sp³-hybridized carbons (Fsp3) is 0.400. The van der Waals surface area contributed by atoms with Crippen molar-refractivity contribution in [2.24, 2.45) is 0 Å². The zero-order valence-corrected chi connectivity index (χ0v) is 13.3. The topological polar surface area (TPSA) is 29.9 Å². The summed E-state index contributed by atoms with van der Waals surface area (Å²) in [4.78, 5) is 0. The predicted octanol–water partition coefficient (Wildman–Crippen LogP) is 4.15. The second-order valence-corrected chi connectivity index (χ2v) is 5.32. The lowest BCUT2D eigenvalue weighted by Crippen LogP contribution is -2.09. The van der Waals surface area contributed by atoms with E-state index in [1.807, 2.05) is 11.6 Å². The number of benzene rings is 1. The fourth-order valence-electron chi connectivity index (χ4n) is 2.22. The van der Waals surface area contributed by atoms with Crippen molar-refractivity contribution in [3.05, 3.63) is 45.7 Å². The molecule has 0 aliphatic rings. The molecule has 19 heavy (non-hydrogen) atoms. The van der Waals surface area contributed by atoms with Crippen LogP contribution in [-0.2, 0) is 19.5 Å². The van der Waals surface area contributed by atoms with Gasteiger partial charge in [-0.25, -0.2) is 0 Å². The first-order chi connectivity index (χ1) is 9.17. The molecule has 0 amide bonds. The number of hydrogen-bond donors (Lipinski definition) is 1. The van der Waals surface area contributed by atoms with E-state index in [0.717, 1.165) is 29.7 Å². The molecule has 1 aromatic carbocycles. The van der Waals surface area contributed by atoms with Crippen LogP contribution >= 0.6 is 15.9 Å². The average molecular weight is 322 g/mol. The number of para-hydroxylation sites is 1. The minimum absolute atomic E-state index is 0.784. The Morgan fingerprint density at radius 3 is 2.68 bits per heavy atom. The number of hydrogen-bond acceptors (Lipinski definition) is 2. The van der Waals surface area contributed by atoms with Gasteiger partial charge < -0.3 is 5.32 Å². The summed E-state index contributed by atoms with van der Waals surface area (Å²) in [5.41, 5.74) is 4.80. The van der Waals surface area contributed by atoms with E-state index >= 15 is 0 Å². The predicted molar refractivity (Wildman–Crippen MR) is 83.5 cm³/mol. The molecular formula is C15H20BrN3. The van der Waals surface area contributed by atoms with Crippen molar-refractivity contribution in [2.75, 3.05) is 5.32 Å². The van der Waals surface area contributed by atoms with Crippen LogP contribution in [0.5, 0.6) is 0 Å². The molecule has 2 rings (SSSR count). The third kappa shape index (κ3) is 3.00. The lowest BCUT2D eigenvalue weighted by molar-refractivity contribution is 0.622. The summed E-state index contributed by atoms with van der Waals surface area (Å²) in [6.07, 6.45) is 1.04. The third-order valence-corrected chi connectivity index (χ3v) is 4.33. The molecule has 0 bridgehead atoms. The van der Waals surface area contributed by atoms with Gasteiger partial charge in [0.2, 0.25) is 0 Å². The monoisotopic (exact) mass is 321 g/mol. The second-order valence-electron chi connectivity index (χ2n) is 4.53. The van der Waals surface area contributed by atoms with Crippen LogP contribution in [0, 0.1) is 6.92 Å². The largest absolute Gasteiger partial charge is 0.379 e. The van der Waals surface area contributed by atoms with E-state index in [0.29, 0.717) is 0 Å². The highest BCUT2D eigenvalue weighted by molar-refractivity contribution is 9.10. The van der Waals surface area contributed by atoms with Gasteiger partial charge in [-0.1, -0.05) is 25.1 Å². The highest BCUT2D eigenvalue weighted by Gasteiger charge is 2.11. The summed E-state index contributed by atoms with van der Waals surface area (Å²) in [5, 5.41) is 8.03. The first-order valence-electron chi connectivity index (χ1n) is 6.70. The molecular weight excluding hydrogens is 302 g/mol. The van der Waals surface area contributed by atoms with Crippen molar-refractivity contribution in [3.8, 4) is 0 Å². The molecule has 1 heterocycles. The lowest BCUT2D eigenvalue weighted by Gasteiger charge is -2.12. The summed E-state index contributed by atoms with van der Waals surface area (Å²) in [6, 6.07) is 8.45. The van der Waals surface area contributed by atoms with Crippen molar-refractivity contribution < 1.29 is 0 Å². The normalized spacial score (nSPS) is 10.7. The van der Waals surface area contributed by atoms with Crippen LogP contribution in [0.1, 0.15) is 30.8 Å². The maximum atomic E-state index is 4.51. The summed E-state index contributed by atoms with van der Waals surface area (Å²) in [6.45, 7) is 7.99. The molecule has 0 aliphatic carbocycles. The van der Waals surface area contributed by atoms with Crippen molar-refractivity contribution >= 4 is 21.6 Å². The number of aromatic nitrogens is 2. The van der Waals surface area contributed by atoms with Gasteiger partial charge in [-0.3, -0.25) is 4.68 Å². The molecule has 0 radical (unpaired) electrons. The molecule has 0 unspecified atom stereocenters. The Labute approximate surface area is 123 Å². The molecule has 102 valence electrons. The van der Waals surface area contributed by atoms with E-state index in [2.05, 4.69) is 64.5 Å². The van der Waals surface area contributed by atoms with Crippen LogP contribution in [0.25, 0.3) is 0 Å². The summed E-state index contributed by atoms with van der Waals surface area (Å²) >= 11 is 3.63. The Morgan fingerprint density at radius 1 is 1.26 bits per heavy atom. The standard InChI is InChI=1S/C15H20BrN3/c1-4-12-8-6-7-9-13(12)17-10-14-15(16)11(3)18-19(14)5-2/h6-9,17H,4-5,10H2,1-3H3. The fourth-order valence-corrected chi connectivity index (χ4v) is 2.64. The molecule has 3 nitrogen and oxygen atoms in total. The maximum absolute atomic E-state index is 4.51. The van der Waals surface area contributed by atoms with Crippen LogP contribution < -0.4 is 5.32 Å². The van der Waals surface area contributed by atoms with Gasteiger partial charge in [-0.05, 0) is 47.8 Å². The maximum Gasteiger partial charge on any atom is 0.0739 e. The van der Waals surface area contributed by atoms with Crippen molar-refractivity contribution in [2.45, 2.75) is 40.3 Å². The Kier molecular flexibility index (Phi) is 4.64. The zero-order valence-electron chi connectivity index (χ0n) is 11.7. The molecule has 0 saturated carbocycles. The van der Waals surface area contributed by atoms with Crippen molar-refractivity contribution in [1.29, 1.82) is 0 Å². The number of halogens is 1. The minimum atomic E-state index is 0.784. The van der Waals surface area contributed by atoms with Gasteiger partial charge >= 0.3 is 0 Å². The first kappa shape index (κ1) is 14.1. The van der Waals surface area contributed by atoms with Gasteiger partial charge in [0.1, 0.15) is 0 Å². The van der Waals surface area contributed by atoms with Crippen molar-refractivity contribution in [1.82, 2.24) is 9.78 Å². The third-order valence-electron chi connectivity index (χ3n) is 3.30. The average Bonchev–Trinajstić information content (AvgIpc) is 2.72. The summed E-state index contributed by atoms with van der Waals surface area (Å²) < 4.78 is 3.15. The van der Waals surface area contributed by atoms with Crippen LogP contribution in [-0.4, -0.2) is 9.78 Å². The number of nitrogens with zero attached hydrogens (tertiary/aromatic N) is 2. The number of anilines is 1. The Balaban J connectivity index is 2.19. The lowest BCUT2D eigenvalue weighted by atomic mass is 10.1. The molecule has 4 heteroatoms.